The highest BCUT2D eigenvalue weighted by molar-refractivity contribution is 5.95. The summed E-state index contributed by atoms with van der Waals surface area (Å²) in [5, 5.41) is 2.68. The minimum atomic E-state index is -0.199. The van der Waals surface area contributed by atoms with E-state index < -0.39 is 0 Å². The molecule has 0 aromatic rings. The van der Waals surface area contributed by atoms with Crippen LogP contribution >= 0.6 is 0 Å². The summed E-state index contributed by atoms with van der Waals surface area (Å²) >= 11 is 0. The molecule has 0 heterocycles. The third-order valence-electron chi connectivity index (χ3n) is 3.12. The quantitative estimate of drug-likeness (QED) is 0.683. The van der Waals surface area contributed by atoms with Crippen molar-refractivity contribution >= 4 is 5.91 Å². The zero-order chi connectivity index (χ0) is 11.9. The Kier molecular flexibility index (Phi) is 2.85. The van der Waals surface area contributed by atoms with Gasteiger partial charge in [-0.1, -0.05) is 27.7 Å². The molecule has 1 saturated carbocycles. The Labute approximate surface area is 92.1 Å². The van der Waals surface area contributed by atoms with E-state index in [1.807, 2.05) is 20.8 Å². The van der Waals surface area contributed by atoms with E-state index in [2.05, 4.69) is 12.2 Å². The second-order valence-electron chi connectivity index (χ2n) is 5.68. The molecular formula is C12H22N2O. The van der Waals surface area contributed by atoms with Gasteiger partial charge in [-0.3, -0.25) is 4.79 Å². The summed E-state index contributed by atoms with van der Waals surface area (Å²) in [5.41, 5.74) is 7.52. The number of nitrogens with two attached hydrogens (primary N) is 1. The molecule has 3 nitrogen and oxygen atoms in total. The van der Waals surface area contributed by atoms with E-state index >= 15 is 0 Å². The highest BCUT2D eigenvalue weighted by Crippen LogP contribution is 2.51. The molecule has 1 amide bonds. The van der Waals surface area contributed by atoms with Crippen LogP contribution in [0, 0.1) is 10.8 Å². The second kappa shape index (κ2) is 3.54. The molecule has 3 N–H and O–H groups in total. The zero-order valence-corrected chi connectivity index (χ0v) is 10.4. The maximum atomic E-state index is 11.8. The fourth-order valence-corrected chi connectivity index (χ4v) is 1.75. The fourth-order valence-electron chi connectivity index (χ4n) is 1.75. The molecule has 15 heavy (non-hydrogen) atoms. The van der Waals surface area contributed by atoms with Crippen LogP contribution in [-0.2, 0) is 4.79 Å². The Balaban J connectivity index is 3.16. The number of carbonyl (C=O) groups is 1. The second-order valence-corrected chi connectivity index (χ2v) is 5.68. The van der Waals surface area contributed by atoms with Gasteiger partial charge in [-0.25, -0.2) is 0 Å². The summed E-state index contributed by atoms with van der Waals surface area (Å²) in [7, 11) is 1.65. The lowest BCUT2D eigenvalue weighted by atomic mass is 9.81. The van der Waals surface area contributed by atoms with Crippen molar-refractivity contribution in [3.63, 3.8) is 0 Å². The van der Waals surface area contributed by atoms with Gasteiger partial charge in [0.25, 0.3) is 0 Å². The number of amides is 1. The van der Waals surface area contributed by atoms with Gasteiger partial charge in [-0.2, -0.15) is 0 Å². The standard InChI is InChI=1S/C12H22N2O/c1-11(2,3)8(10(15)14-5)9(13)12(4)6-7-12/h6-7,13H2,1-5H3,(H,14,15). The molecule has 1 aliphatic rings. The first kappa shape index (κ1) is 12.1. The number of allylic oxidation sites excluding steroid dienone is 1. The van der Waals surface area contributed by atoms with Crippen LogP contribution in [0.5, 0.6) is 0 Å². The molecule has 1 rings (SSSR count). The van der Waals surface area contributed by atoms with Crippen molar-refractivity contribution in [1.82, 2.24) is 5.32 Å². The van der Waals surface area contributed by atoms with Gasteiger partial charge in [-0.05, 0) is 18.3 Å². The molecule has 0 saturated heterocycles. The summed E-state index contributed by atoms with van der Waals surface area (Å²) in [6.07, 6.45) is 2.19. The van der Waals surface area contributed by atoms with Gasteiger partial charge in [0.1, 0.15) is 0 Å². The summed E-state index contributed by atoms with van der Waals surface area (Å²) < 4.78 is 0. The monoisotopic (exact) mass is 210 g/mol. The van der Waals surface area contributed by atoms with Crippen LogP contribution in [-0.4, -0.2) is 13.0 Å². The molecule has 0 bridgehead atoms. The Morgan fingerprint density at radius 3 is 2.07 bits per heavy atom. The molecule has 0 atom stereocenters. The maximum Gasteiger partial charge on any atom is 0.249 e. The fraction of sp³-hybridized carbons (Fsp3) is 0.750. The van der Waals surface area contributed by atoms with Crippen LogP contribution in [0.4, 0.5) is 0 Å². The molecule has 0 spiro atoms. The van der Waals surface area contributed by atoms with E-state index in [0.717, 1.165) is 24.1 Å². The van der Waals surface area contributed by atoms with Crippen LogP contribution in [0.1, 0.15) is 40.5 Å². The van der Waals surface area contributed by atoms with Crippen molar-refractivity contribution < 1.29 is 4.79 Å². The number of rotatable bonds is 2. The van der Waals surface area contributed by atoms with Crippen molar-refractivity contribution in [1.29, 1.82) is 0 Å². The van der Waals surface area contributed by atoms with E-state index in [1.54, 1.807) is 7.05 Å². The van der Waals surface area contributed by atoms with Gasteiger partial charge in [0.2, 0.25) is 5.91 Å². The summed E-state index contributed by atoms with van der Waals surface area (Å²) in [6.45, 7) is 8.19. The average molecular weight is 210 g/mol. The number of nitrogens with one attached hydrogen (secondary N) is 1. The first-order chi connectivity index (χ1) is 6.72. The summed E-state index contributed by atoms with van der Waals surface area (Å²) in [6, 6.07) is 0. The lowest BCUT2D eigenvalue weighted by molar-refractivity contribution is -0.118. The van der Waals surface area contributed by atoms with Gasteiger partial charge < -0.3 is 11.1 Å². The molecule has 3 heteroatoms. The molecule has 0 aliphatic heterocycles. The van der Waals surface area contributed by atoms with Crippen molar-refractivity contribution in [3.05, 3.63) is 11.3 Å². The maximum absolute atomic E-state index is 11.8. The van der Waals surface area contributed by atoms with E-state index in [-0.39, 0.29) is 16.7 Å². The van der Waals surface area contributed by atoms with Gasteiger partial charge in [0.05, 0.1) is 0 Å². The van der Waals surface area contributed by atoms with Crippen LogP contribution in [0.3, 0.4) is 0 Å². The lowest BCUT2D eigenvalue weighted by Gasteiger charge is -2.26. The van der Waals surface area contributed by atoms with Crippen LogP contribution in [0.15, 0.2) is 11.3 Å². The Morgan fingerprint density at radius 1 is 1.33 bits per heavy atom. The van der Waals surface area contributed by atoms with Crippen molar-refractivity contribution in [2.24, 2.45) is 16.6 Å². The molecule has 0 aromatic heterocycles. The number of hydrogen-bond donors (Lipinski definition) is 2. The SMILES string of the molecule is CNC(=O)C(=C(N)C1(C)CC1)C(C)(C)C. The molecule has 0 unspecified atom stereocenters. The topological polar surface area (TPSA) is 55.1 Å². The minimum absolute atomic E-state index is 0.0480. The Bertz CT molecular complexity index is 306. The molecule has 86 valence electrons. The highest BCUT2D eigenvalue weighted by Gasteiger charge is 2.44. The van der Waals surface area contributed by atoms with Crippen molar-refractivity contribution in [2.45, 2.75) is 40.5 Å². The van der Waals surface area contributed by atoms with Crippen molar-refractivity contribution in [2.75, 3.05) is 7.05 Å². The predicted octanol–water partition coefficient (Wildman–Crippen LogP) is 1.79. The lowest BCUT2D eigenvalue weighted by Crippen LogP contribution is -2.32. The smallest absolute Gasteiger partial charge is 0.249 e. The van der Waals surface area contributed by atoms with Crippen LogP contribution in [0.25, 0.3) is 0 Å². The van der Waals surface area contributed by atoms with Crippen LogP contribution in [0.2, 0.25) is 0 Å². The summed E-state index contributed by atoms with van der Waals surface area (Å²) in [4.78, 5) is 11.8. The normalized spacial score (nSPS) is 20.6. The zero-order valence-electron chi connectivity index (χ0n) is 10.4. The largest absolute Gasteiger partial charge is 0.401 e. The van der Waals surface area contributed by atoms with Crippen LogP contribution < -0.4 is 11.1 Å². The summed E-state index contributed by atoms with van der Waals surface area (Å²) in [5.74, 6) is -0.0480. The number of hydrogen-bond acceptors (Lipinski definition) is 2. The molecule has 0 aromatic carbocycles. The van der Waals surface area contributed by atoms with E-state index in [1.165, 1.54) is 0 Å². The van der Waals surface area contributed by atoms with Gasteiger partial charge >= 0.3 is 0 Å². The first-order valence-electron chi connectivity index (χ1n) is 5.45. The Morgan fingerprint density at radius 2 is 1.80 bits per heavy atom. The first-order valence-corrected chi connectivity index (χ1v) is 5.45. The van der Waals surface area contributed by atoms with Gasteiger partial charge in [0, 0.05) is 23.7 Å². The highest BCUT2D eigenvalue weighted by atomic mass is 16.1. The predicted molar refractivity (Wildman–Crippen MR) is 62.1 cm³/mol. The molecule has 1 fully saturated rings. The minimum Gasteiger partial charge on any atom is -0.401 e. The van der Waals surface area contributed by atoms with Gasteiger partial charge in [-0.15, -0.1) is 0 Å². The average Bonchev–Trinajstić information content (AvgIpc) is 2.82. The van der Waals surface area contributed by atoms with E-state index in [4.69, 9.17) is 5.73 Å². The number of carbonyl (C=O) groups excluding carboxylic acids is 1. The van der Waals surface area contributed by atoms with Crippen molar-refractivity contribution in [3.8, 4) is 0 Å². The molecule has 0 radical (unpaired) electrons. The van der Waals surface area contributed by atoms with E-state index in [9.17, 15) is 4.79 Å². The third kappa shape index (κ3) is 2.33. The molecule has 1 aliphatic carbocycles. The number of likely N-dealkylation sites (N-methyl/N-ethyl adjacent to an activating group) is 1. The molecular weight excluding hydrogens is 188 g/mol. The van der Waals surface area contributed by atoms with Gasteiger partial charge in [0.15, 0.2) is 0 Å². The third-order valence-corrected chi connectivity index (χ3v) is 3.12. The van der Waals surface area contributed by atoms with E-state index in [0.29, 0.717) is 0 Å². The Hall–Kier alpha value is -0.990.